The van der Waals surface area contributed by atoms with Crippen molar-refractivity contribution in [2.45, 2.75) is 39.3 Å². The summed E-state index contributed by atoms with van der Waals surface area (Å²) in [6.07, 6.45) is 5.56. The zero-order valence-corrected chi connectivity index (χ0v) is 22.5. The van der Waals surface area contributed by atoms with Crippen LogP contribution in [-0.4, -0.2) is 87.4 Å². The Bertz CT molecular complexity index is 1250. The van der Waals surface area contributed by atoms with Gasteiger partial charge < -0.3 is 24.0 Å². The number of pyridine rings is 1. The predicted octanol–water partition coefficient (Wildman–Crippen LogP) is 3.14. The molecule has 36 heavy (non-hydrogen) atoms. The first-order chi connectivity index (χ1) is 17.2. The second kappa shape index (κ2) is 9.52. The molecule has 1 atom stereocenters. The van der Waals surface area contributed by atoms with Gasteiger partial charge in [0.05, 0.1) is 29.5 Å². The number of hydrogen-bond donors (Lipinski definition) is 0. The highest BCUT2D eigenvalue weighted by Gasteiger charge is 2.42. The number of nitrogens with zero attached hydrogens (tertiary/aromatic N) is 8. The molecule has 0 aromatic carbocycles. The third-order valence-electron chi connectivity index (χ3n) is 7.63. The largest absolute Gasteiger partial charge is 0.353 e. The summed E-state index contributed by atoms with van der Waals surface area (Å²) in [4.78, 5) is 36.2. The molecule has 0 bridgehead atoms. The van der Waals surface area contributed by atoms with E-state index in [-0.39, 0.29) is 11.8 Å². The van der Waals surface area contributed by atoms with Gasteiger partial charge in [-0.1, -0.05) is 17.7 Å². The Morgan fingerprint density at radius 3 is 2.67 bits per heavy atom. The summed E-state index contributed by atoms with van der Waals surface area (Å²) >= 11 is 6.52. The van der Waals surface area contributed by atoms with E-state index in [4.69, 9.17) is 16.6 Å². The predicted molar refractivity (Wildman–Crippen MR) is 143 cm³/mol. The van der Waals surface area contributed by atoms with Crippen LogP contribution in [0.3, 0.4) is 0 Å². The van der Waals surface area contributed by atoms with E-state index < -0.39 is 5.54 Å². The van der Waals surface area contributed by atoms with Crippen LogP contribution < -0.4 is 9.80 Å². The highest BCUT2D eigenvalue weighted by molar-refractivity contribution is 6.32. The molecular formula is C26H35ClN8O. The van der Waals surface area contributed by atoms with Gasteiger partial charge in [0.15, 0.2) is 5.82 Å². The van der Waals surface area contributed by atoms with Gasteiger partial charge in [-0.05, 0) is 46.9 Å². The Morgan fingerprint density at radius 2 is 1.94 bits per heavy atom. The number of likely N-dealkylation sites (N-methyl/N-ethyl adjacent to an activating group) is 1. The first-order valence-electron chi connectivity index (χ1n) is 12.7. The SMILES string of the molecule is CCN(C(=O)C1CN(c2nc(N3CCN(C)CC3C)ncc2Cl)C1)C(C)(C)c1cnc2ccccn12. The van der Waals surface area contributed by atoms with Crippen molar-refractivity contribution in [1.29, 1.82) is 0 Å². The Balaban J connectivity index is 1.31. The third kappa shape index (κ3) is 4.28. The van der Waals surface area contributed by atoms with Gasteiger partial charge in [0.25, 0.3) is 0 Å². The zero-order valence-electron chi connectivity index (χ0n) is 21.7. The summed E-state index contributed by atoms with van der Waals surface area (Å²) < 4.78 is 2.06. The molecule has 5 rings (SSSR count). The van der Waals surface area contributed by atoms with E-state index in [1.165, 1.54) is 0 Å². The van der Waals surface area contributed by atoms with Gasteiger partial charge in [0.1, 0.15) is 10.7 Å². The van der Waals surface area contributed by atoms with Gasteiger partial charge in [0.2, 0.25) is 11.9 Å². The van der Waals surface area contributed by atoms with Crippen molar-refractivity contribution >= 4 is 34.9 Å². The molecule has 3 aromatic rings. The second-order valence-corrected chi connectivity index (χ2v) is 10.9. The van der Waals surface area contributed by atoms with Crippen molar-refractivity contribution in [3.63, 3.8) is 0 Å². The van der Waals surface area contributed by atoms with E-state index >= 15 is 0 Å². The number of aromatic nitrogens is 4. The number of rotatable bonds is 6. The summed E-state index contributed by atoms with van der Waals surface area (Å²) in [5.74, 6) is 1.44. The topological polar surface area (TPSA) is 73.1 Å². The lowest BCUT2D eigenvalue weighted by atomic mass is 9.92. The number of amides is 1. The van der Waals surface area contributed by atoms with Crippen LogP contribution in [0.25, 0.3) is 5.65 Å². The number of halogens is 1. The van der Waals surface area contributed by atoms with Crippen LogP contribution >= 0.6 is 11.6 Å². The molecule has 0 spiro atoms. The Labute approximate surface area is 217 Å². The molecule has 5 heterocycles. The van der Waals surface area contributed by atoms with Crippen LogP contribution in [0.4, 0.5) is 11.8 Å². The van der Waals surface area contributed by atoms with Gasteiger partial charge in [0, 0.05) is 51.5 Å². The van der Waals surface area contributed by atoms with E-state index in [9.17, 15) is 4.79 Å². The first-order valence-corrected chi connectivity index (χ1v) is 13.0. The molecule has 2 fully saturated rings. The summed E-state index contributed by atoms with van der Waals surface area (Å²) in [6.45, 7) is 13.0. The summed E-state index contributed by atoms with van der Waals surface area (Å²) in [6, 6.07) is 6.25. The van der Waals surface area contributed by atoms with E-state index in [1.807, 2.05) is 42.4 Å². The molecule has 9 nitrogen and oxygen atoms in total. The molecule has 2 saturated heterocycles. The first kappa shape index (κ1) is 24.8. The molecular weight excluding hydrogens is 476 g/mol. The molecule has 10 heteroatoms. The number of piperazine rings is 1. The summed E-state index contributed by atoms with van der Waals surface area (Å²) in [5, 5.41) is 0.518. The second-order valence-electron chi connectivity index (χ2n) is 10.5. The molecule has 0 aliphatic carbocycles. The van der Waals surface area contributed by atoms with E-state index in [2.05, 4.69) is 56.9 Å². The fourth-order valence-electron chi connectivity index (χ4n) is 5.52. The van der Waals surface area contributed by atoms with E-state index in [1.54, 1.807) is 6.20 Å². The fourth-order valence-corrected chi connectivity index (χ4v) is 5.73. The highest BCUT2D eigenvalue weighted by atomic mass is 35.5. The Hall–Kier alpha value is -2.91. The number of fused-ring (bicyclic) bond motifs is 1. The lowest BCUT2D eigenvalue weighted by Crippen LogP contribution is -2.58. The molecule has 1 amide bonds. The van der Waals surface area contributed by atoms with Crippen LogP contribution in [0.2, 0.25) is 5.02 Å². The fraction of sp³-hybridized carbons (Fsp3) is 0.538. The quantitative estimate of drug-likeness (QED) is 0.504. The lowest BCUT2D eigenvalue weighted by Gasteiger charge is -2.45. The minimum atomic E-state index is -0.510. The number of hydrogen-bond acceptors (Lipinski definition) is 7. The maximum atomic E-state index is 13.7. The van der Waals surface area contributed by atoms with Gasteiger partial charge in [-0.3, -0.25) is 4.79 Å². The molecule has 0 saturated carbocycles. The molecule has 2 aliphatic rings. The average molecular weight is 511 g/mol. The smallest absolute Gasteiger partial charge is 0.230 e. The molecule has 0 radical (unpaired) electrons. The molecule has 1 unspecified atom stereocenters. The summed E-state index contributed by atoms with van der Waals surface area (Å²) in [5.41, 5.74) is 1.36. The monoisotopic (exact) mass is 510 g/mol. The van der Waals surface area contributed by atoms with Gasteiger partial charge in [-0.15, -0.1) is 0 Å². The Kier molecular flexibility index (Phi) is 6.55. The lowest BCUT2D eigenvalue weighted by molar-refractivity contribution is -0.142. The third-order valence-corrected chi connectivity index (χ3v) is 7.90. The van der Waals surface area contributed by atoms with E-state index in [0.717, 1.165) is 31.0 Å². The maximum Gasteiger partial charge on any atom is 0.230 e. The highest BCUT2D eigenvalue weighted by Crippen LogP contribution is 2.35. The minimum Gasteiger partial charge on any atom is -0.353 e. The van der Waals surface area contributed by atoms with Crippen LogP contribution in [0.15, 0.2) is 36.8 Å². The van der Waals surface area contributed by atoms with Gasteiger partial charge in [-0.25, -0.2) is 9.97 Å². The number of carbonyl (C=O) groups is 1. The van der Waals surface area contributed by atoms with Crippen molar-refractivity contribution < 1.29 is 4.79 Å². The van der Waals surface area contributed by atoms with Crippen molar-refractivity contribution in [2.24, 2.45) is 5.92 Å². The minimum absolute atomic E-state index is 0.111. The molecule has 3 aromatic heterocycles. The van der Waals surface area contributed by atoms with Crippen molar-refractivity contribution in [3.8, 4) is 0 Å². The number of imidazole rings is 1. The van der Waals surface area contributed by atoms with E-state index in [0.29, 0.717) is 42.5 Å². The number of carbonyl (C=O) groups excluding carboxylic acids is 1. The molecule has 192 valence electrons. The number of anilines is 2. The zero-order chi connectivity index (χ0) is 25.6. The van der Waals surface area contributed by atoms with Crippen LogP contribution in [-0.2, 0) is 10.3 Å². The Morgan fingerprint density at radius 1 is 1.17 bits per heavy atom. The standard InChI is InChI=1S/C26H35ClN8O/c1-6-35(26(3,4)21-14-28-22-9-7-8-10-34(21)22)24(36)19-16-32(17-19)23-20(27)13-29-25(30-23)33-12-11-31(5)15-18(33)2/h7-10,13-14,18-19H,6,11-12,15-17H2,1-5H3. The van der Waals surface area contributed by atoms with Gasteiger partial charge in [-0.2, -0.15) is 4.98 Å². The average Bonchev–Trinajstić information content (AvgIpc) is 3.25. The van der Waals surface area contributed by atoms with Gasteiger partial charge >= 0.3 is 0 Å². The van der Waals surface area contributed by atoms with Crippen molar-refractivity contribution in [2.75, 3.05) is 56.1 Å². The van der Waals surface area contributed by atoms with Crippen LogP contribution in [0.1, 0.15) is 33.4 Å². The normalized spacial score (nSPS) is 19.6. The van der Waals surface area contributed by atoms with Crippen LogP contribution in [0, 0.1) is 5.92 Å². The molecule has 2 aliphatic heterocycles. The molecule has 0 N–H and O–H groups in total. The summed E-state index contributed by atoms with van der Waals surface area (Å²) in [7, 11) is 2.13. The van der Waals surface area contributed by atoms with Crippen molar-refractivity contribution in [1.82, 2.24) is 29.2 Å². The van der Waals surface area contributed by atoms with Crippen LogP contribution in [0.5, 0.6) is 0 Å². The van der Waals surface area contributed by atoms with Crippen molar-refractivity contribution in [3.05, 3.63) is 47.5 Å². The maximum absolute atomic E-state index is 13.7.